The Morgan fingerprint density at radius 2 is 1.81 bits per heavy atom. The molecule has 1 aliphatic carbocycles. The van der Waals surface area contributed by atoms with Gasteiger partial charge >= 0.3 is 0 Å². The second-order valence-corrected chi connectivity index (χ2v) is 7.37. The van der Waals surface area contributed by atoms with E-state index in [1.807, 2.05) is 23.1 Å². The van der Waals surface area contributed by atoms with Gasteiger partial charge in [0.15, 0.2) is 0 Å². The summed E-state index contributed by atoms with van der Waals surface area (Å²) < 4.78 is 7.75. The second kappa shape index (κ2) is 8.30. The largest absolute Gasteiger partial charge is 0.467 e. The number of amides is 1. The number of hydrogen-bond acceptors (Lipinski definition) is 2. The Bertz CT molecular complexity index is 846. The summed E-state index contributed by atoms with van der Waals surface area (Å²) in [5.41, 5.74) is 2.41. The predicted octanol–water partition coefficient (Wildman–Crippen LogP) is 4.85. The number of aromatic nitrogens is 1. The van der Waals surface area contributed by atoms with Crippen LogP contribution in [0.15, 0.2) is 71.5 Å². The number of benzene rings is 1. The molecule has 0 radical (unpaired) electrons. The fourth-order valence-electron chi connectivity index (χ4n) is 3.96. The van der Waals surface area contributed by atoms with Crippen LogP contribution in [0.3, 0.4) is 0 Å². The molecule has 140 valence electrons. The lowest BCUT2D eigenvalue weighted by atomic mass is 10.1. The molecule has 1 fully saturated rings. The standard InChI is InChI=1S/C23H26N2O2/c26-23(20-10-4-5-11-20)25(18-22-13-7-15-27-22)17-21-12-6-14-24(21)16-19-8-2-1-3-9-19/h1-3,6-9,12-15,20H,4-5,10-11,16-18H2. The average molecular weight is 362 g/mol. The molecular formula is C23H26N2O2. The van der Waals surface area contributed by atoms with Gasteiger partial charge in [0.1, 0.15) is 5.76 Å². The average Bonchev–Trinajstić information content (AvgIpc) is 3.45. The number of rotatable bonds is 7. The Balaban J connectivity index is 1.52. The Hall–Kier alpha value is -2.75. The van der Waals surface area contributed by atoms with Crippen LogP contribution in [0.2, 0.25) is 0 Å². The summed E-state index contributed by atoms with van der Waals surface area (Å²) in [6.07, 6.45) is 8.11. The van der Waals surface area contributed by atoms with Gasteiger partial charge in [0, 0.05) is 24.4 Å². The maximum absolute atomic E-state index is 13.1. The molecule has 4 heteroatoms. The molecule has 1 amide bonds. The minimum atomic E-state index is 0.164. The van der Waals surface area contributed by atoms with Crippen molar-refractivity contribution in [3.05, 3.63) is 84.1 Å². The van der Waals surface area contributed by atoms with Crippen molar-refractivity contribution in [2.75, 3.05) is 0 Å². The molecule has 0 N–H and O–H groups in total. The molecule has 0 bridgehead atoms. The van der Waals surface area contributed by atoms with Gasteiger partial charge in [-0.25, -0.2) is 0 Å². The highest BCUT2D eigenvalue weighted by molar-refractivity contribution is 5.79. The van der Waals surface area contributed by atoms with E-state index in [9.17, 15) is 4.79 Å². The number of carbonyl (C=O) groups excluding carboxylic acids is 1. The van der Waals surface area contributed by atoms with Crippen molar-refractivity contribution < 1.29 is 9.21 Å². The molecule has 0 spiro atoms. The first-order valence-corrected chi connectivity index (χ1v) is 9.79. The number of nitrogens with zero attached hydrogens (tertiary/aromatic N) is 2. The van der Waals surface area contributed by atoms with E-state index in [-0.39, 0.29) is 11.8 Å². The topological polar surface area (TPSA) is 38.4 Å². The van der Waals surface area contributed by atoms with Crippen LogP contribution < -0.4 is 0 Å². The van der Waals surface area contributed by atoms with Crippen LogP contribution in [-0.4, -0.2) is 15.4 Å². The van der Waals surface area contributed by atoms with Gasteiger partial charge in [-0.1, -0.05) is 43.2 Å². The minimum Gasteiger partial charge on any atom is -0.467 e. The zero-order valence-electron chi connectivity index (χ0n) is 15.6. The van der Waals surface area contributed by atoms with Crippen molar-refractivity contribution >= 4 is 5.91 Å². The summed E-state index contributed by atoms with van der Waals surface area (Å²) in [5.74, 6) is 1.26. The maximum Gasteiger partial charge on any atom is 0.226 e. The molecule has 0 atom stereocenters. The Kier molecular flexibility index (Phi) is 5.42. The predicted molar refractivity (Wildman–Crippen MR) is 105 cm³/mol. The molecule has 2 heterocycles. The molecule has 1 aliphatic rings. The van der Waals surface area contributed by atoms with Gasteiger partial charge in [-0.05, 0) is 42.7 Å². The SMILES string of the molecule is O=C(C1CCCC1)N(Cc1ccco1)Cc1cccn1Cc1ccccc1. The van der Waals surface area contributed by atoms with Crippen molar-refractivity contribution in [3.63, 3.8) is 0 Å². The van der Waals surface area contributed by atoms with E-state index in [0.29, 0.717) is 13.1 Å². The second-order valence-electron chi connectivity index (χ2n) is 7.37. The van der Waals surface area contributed by atoms with Crippen molar-refractivity contribution in [1.82, 2.24) is 9.47 Å². The third kappa shape index (κ3) is 4.33. The van der Waals surface area contributed by atoms with Crippen LogP contribution in [0.1, 0.15) is 42.7 Å². The lowest BCUT2D eigenvalue weighted by Crippen LogP contribution is -2.35. The van der Waals surface area contributed by atoms with E-state index in [4.69, 9.17) is 4.42 Å². The summed E-state index contributed by atoms with van der Waals surface area (Å²) in [6.45, 7) is 1.95. The van der Waals surface area contributed by atoms with E-state index in [1.54, 1.807) is 6.26 Å². The van der Waals surface area contributed by atoms with Crippen LogP contribution in [0.5, 0.6) is 0 Å². The Morgan fingerprint density at radius 1 is 1.00 bits per heavy atom. The van der Waals surface area contributed by atoms with Gasteiger partial charge < -0.3 is 13.9 Å². The summed E-state index contributed by atoms with van der Waals surface area (Å²) in [6, 6.07) is 18.4. The van der Waals surface area contributed by atoms with Crippen molar-refractivity contribution in [2.24, 2.45) is 5.92 Å². The lowest BCUT2D eigenvalue weighted by molar-refractivity contribution is -0.137. The molecular weight excluding hydrogens is 336 g/mol. The number of furan rings is 1. The van der Waals surface area contributed by atoms with Gasteiger partial charge in [0.05, 0.1) is 19.4 Å². The van der Waals surface area contributed by atoms with Crippen molar-refractivity contribution in [3.8, 4) is 0 Å². The third-order valence-electron chi connectivity index (χ3n) is 5.42. The molecule has 0 saturated heterocycles. The van der Waals surface area contributed by atoms with Crippen LogP contribution in [-0.2, 0) is 24.4 Å². The van der Waals surface area contributed by atoms with Crippen LogP contribution in [0.4, 0.5) is 0 Å². The monoisotopic (exact) mass is 362 g/mol. The number of carbonyl (C=O) groups is 1. The van der Waals surface area contributed by atoms with E-state index < -0.39 is 0 Å². The van der Waals surface area contributed by atoms with Gasteiger partial charge in [0.25, 0.3) is 0 Å². The number of hydrogen-bond donors (Lipinski definition) is 0. The fourth-order valence-corrected chi connectivity index (χ4v) is 3.96. The first-order chi connectivity index (χ1) is 13.3. The smallest absolute Gasteiger partial charge is 0.226 e. The molecule has 4 rings (SSSR count). The highest BCUT2D eigenvalue weighted by atomic mass is 16.3. The van der Waals surface area contributed by atoms with E-state index in [2.05, 4.69) is 47.2 Å². The molecule has 0 aliphatic heterocycles. The van der Waals surface area contributed by atoms with Gasteiger partial charge in [-0.2, -0.15) is 0 Å². The van der Waals surface area contributed by atoms with Gasteiger partial charge in [0.2, 0.25) is 5.91 Å². The van der Waals surface area contributed by atoms with E-state index in [0.717, 1.165) is 43.7 Å². The molecule has 4 nitrogen and oxygen atoms in total. The normalized spacial score (nSPS) is 14.5. The van der Waals surface area contributed by atoms with Gasteiger partial charge in [-0.3, -0.25) is 4.79 Å². The Morgan fingerprint density at radius 3 is 2.56 bits per heavy atom. The molecule has 2 aromatic heterocycles. The summed E-state index contributed by atoms with van der Waals surface area (Å²) in [5, 5.41) is 0. The zero-order chi connectivity index (χ0) is 18.5. The molecule has 3 aromatic rings. The molecule has 1 aromatic carbocycles. The highest BCUT2D eigenvalue weighted by Crippen LogP contribution is 2.28. The highest BCUT2D eigenvalue weighted by Gasteiger charge is 2.28. The first-order valence-electron chi connectivity index (χ1n) is 9.79. The third-order valence-corrected chi connectivity index (χ3v) is 5.42. The van der Waals surface area contributed by atoms with E-state index in [1.165, 1.54) is 5.56 Å². The first kappa shape index (κ1) is 17.7. The summed E-state index contributed by atoms with van der Waals surface area (Å²) >= 11 is 0. The quantitative estimate of drug-likeness (QED) is 0.603. The van der Waals surface area contributed by atoms with Crippen LogP contribution in [0.25, 0.3) is 0 Å². The summed E-state index contributed by atoms with van der Waals surface area (Å²) in [4.78, 5) is 15.1. The lowest BCUT2D eigenvalue weighted by Gasteiger charge is -2.25. The molecule has 0 unspecified atom stereocenters. The van der Waals surface area contributed by atoms with Crippen molar-refractivity contribution in [1.29, 1.82) is 0 Å². The minimum absolute atomic E-state index is 0.164. The molecule has 27 heavy (non-hydrogen) atoms. The van der Waals surface area contributed by atoms with E-state index >= 15 is 0 Å². The fraction of sp³-hybridized carbons (Fsp3) is 0.348. The Labute approximate surface area is 160 Å². The maximum atomic E-state index is 13.1. The van der Waals surface area contributed by atoms with Gasteiger partial charge in [-0.15, -0.1) is 0 Å². The molecule has 1 saturated carbocycles. The zero-order valence-corrected chi connectivity index (χ0v) is 15.6. The van der Waals surface area contributed by atoms with Crippen LogP contribution in [0, 0.1) is 5.92 Å². The van der Waals surface area contributed by atoms with Crippen molar-refractivity contribution in [2.45, 2.75) is 45.3 Å². The van der Waals surface area contributed by atoms with Crippen LogP contribution >= 0.6 is 0 Å². The summed E-state index contributed by atoms with van der Waals surface area (Å²) in [7, 11) is 0.